The van der Waals surface area contributed by atoms with Gasteiger partial charge in [-0.25, -0.2) is 12.8 Å². The van der Waals surface area contributed by atoms with Gasteiger partial charge in [0.1, 0.15) is 18.4 Å². The van der Waals surface area contributed by atoms with Crippen LogP contribution in [0.25, 0.3) is 0 Å². The van der Waals surface area contributed by atoms with Crippen molar-refractivity contribution in [2.45, 2.75) is 32.4 Å². The van der Waals surface area contributed by atoms with Crippen LogP contribution in [-0.4, -0.2) is 50.5 Å². The number of halogens is 2. The lowest BCUT2D eigenvalue weighted by Crippen LogP contribution is -2.53. The van der Waals surface area contributed by atoms with Gasteiger partial charge >= 0.3 is 0 Å². The van der Waals surface area contributed by atoms with E-state index in [0.717, 1.165) is 22.2 Å². The summed E-state index contributed by atoms with van der Waals surface area (Å²) in [5.41, 5.74) is 1.28. The molecule has 0 unspecified atom stereocenters. The first-order valence-electron chi connectivity index (χ1n) is 12.2. The van der Waals surface area contributed by atoms with Gasteiger partial charge in [0.2, 0.25) is 21.8 Å². The third-order valence-corrected chi connectivity index (χ3v) is 7.27. The third-order valence-electron chi connectivity index (χ3n) is 5.89. The van der Waals surface area contributed by atoms with Crippen LogP contribution in [0.1, 0.15) is 24.5 Å². The average molecular weight is 560 g/mol. The highest BCUT2D eigenvalue weighted by molar-refractivity contribution is 7.92. The van der Waals surface area contributed by atoms with Crippen LogP contribution in [0.2, 0.25) is 5.02 Å². The van der Waals surface area contributed by atoms with Crippen molar-refractivity contribution in [3.63, 3.8) is 0 Å². The summed E-state index contributed by atoms with van der Waals surface area (Å²) in [5.74, 6) is -1.80. The Bertz CT molecular complexity index is 1340. The highest BCUT2D eigenvalue weighted by atomic mass is 35.5. The first kappa shape index (κ1) is 29.1. The topological polar surface area (TPSA) is 86.8 Å². The average Bonchev–Trinajstić information content (AvgIpc) is 2.89. The van der Waals surface area contributed by atoms with E-state index in [1.807, 2.05) is 37.3 Å². The Labute approximate surface area is 228 Å². The number of para-hydroxylation sites is 1. The molecule has 0 saturated carbocycles. The molecule has 3 aromatic rings. The minimum absolute atomic E-state index is 0.0158. The Balaban J connectivity index is 2.04. The van der Waals surface area contributed by atoms with Crippen LogP contribution >= 0.6 is 11.6 Å². The molecule has 0 fully saturated rings. The minimum Gasteiger partial charge on any atom is -0.354 e. The monoisotopic (exact) mass is 559 g/mol. The summed E-state index contributed by atoms with van der Waals surface area (Å²) in [6, 6.07) is 20.4. The van der Waals surface area contributed by atoms with Crippen molar-refractivity contribution in [3.8, 4) is 0 Å². The molecular formula is C28H31ClFN3O4S. The van der Waals surface area contributed by atoms with Crippen molar-refractivity contribution in [2.24, 2.45) is 0 Å². The maximum atomic E-state index is 14.6. The van der Waals surface area contributed by atoms with E-state index in [2.05, 4.69) is 5.32 Å². The second-order valence-corrected chi connectivity index (χ2v) is 11.2. The third kappa shape index (κ3) is 8.03. The molecule has 3 rings (SSSR count). The van der Waals surface area contributed by atoms with E-state index in [0.29, 0.717) is 23.6 Å². The molecule has 0 aromatic heterocycles. The molecule has 7 nitrogen and oxygen atoms in total. The summed E-state index contributed by atoms with van der Waals surface area (Å²) in [7, 11) is -4.04. The largest absolute Gasteiger partial charge is 0.354 e. The Morgan fingerprint density at radius 1 is 0.947 bits per heavy atom. The molecule has 1 atom stereocenters. The first-order valence-corrected chi connectivity index (χ1v) is 14.4. The summed E-state index contributed by atoms with van der Waals surface area (Å²) in [6.45, 7) is 1.67. The van der Waals surface area contributed by atoms with Gasteiger partial charge in [0.15, 0.2) is 0 Å². The highest BCUT2D eigenvalue weighted by Gasteiger charge is 2.33. The molecule has 202 valence electrons. The molecule has 0 aliphatic rings. The Morgan fingerprint density at radius 3 is 2.18 bits per heavy atom. The number of carbonyl (C=O) groups excluding carboxylic acids is 2. The van der Waals surface area contributed by atoms with Gasteiger partial charge in [0, 0.05) is 24.5 Å². The summed E-state index contributed by atoms with van der Waals surface area (Å²) in [6.07, 6.45) is 1.81. The van der Waals surface area contributed by atoms with Gasteiger partial charge in [-0.3, -0.25) is 13.9 Å². The lowest BCUT2D eigenvalue weighted by molar-refractivity contribution is -0.140. The Morgan fingerprint density at radius 2 is 1.58 bits per heavy atom. The number of nitrogens with one attached hydrogen (secondary N) is 1. The number of rotatable bonds is 12. The van der Waals surface area contributed by atoms with Gasteiger partial charge in [0.25, 0.3) is 0 Å². The lowest BCUT2D eigenvalue weighted by Gasteiger charge is -2.33. The van der Waals surface area contributed by atoms with Crippen LogP contribution in [0.15, 0.2) is 78.9 Å². The van der Waals surface area contributed by atoms with Crippen molar-refractivity contribution in [1.82, 2.24) is 10.2 Å². The lowest BCUT2D eigenvalue weighted by atomic mass is 10.0. The van der Waals surface area contributed by atoms with Gasteiger partial charge in [-0.2, -0.15) is 0 Å². The SMILES string of the molecule is CCCNC(=O)[C@@H](Cc1ccccc1)N(Cc1ccc(Cl)cc1)C(=O)CN(c1ccccc1F)S(C)(=O)=O. The zero-order valence-electron chi connectivity index (χ0n) is 21.3. The number of carbonyl (C=O) groups is 2. The van der Waals surface area contributed by atoms with Crippen LogP contribution in [0.4, 0.5) is 10.1 Å². The molecule has 2 amide bonds. The molecule has 3 aromatic carbocycles. The van der Waals surface area contributed by atoms with Crippen LogP contribution < -0.4 is 9.62 Å². The van der Waals surface area contributed by atoms with Crippen molar-refractivity contribution < 1.29 is 22.4 Å². The molecule has 0 spiro atoms. The predicted molar refractivity (Wildman–Crippen MR) is 148 cm³/mol. The highest BCUT2D eigenvalue weighted by Crippen LogP contribution is 2.23. The minimum atomic E-state index is -4.04. The van der Waals surface area contributed by atoms with Gasteiger partial charge in [-0.15, -0.1) is 0 Å². The van der Waals surface area contributed by atoms with Gasteiger partial charge in [-0.1, -0.05) is 73.1 Å². The molecule has 1 N–H and O–H groups in total. The first-order chi connectivity index (χ1) is 18.1. The summed E-state index contributed by atoms with van der Waals surface area (Å²) < 4.78 is 40.7. The van der Waals surface area contributed by atoms with E-state index in [-0.39, 0.29) is 24.6 Å². The number of benzene rings is 3. The number of hydrogen-bond acceptors (Lipinski definition) is 4. The van der Waals surface area contributed by atoms with Gasteiger partial charge in [-0.05, 0) is 41.8 Å². The van der Waals surface area contributed by atoms with Crippen LogP contribution in [0.3, 0.4) is 0 Å². The quantitative estimate of drug-likeness (QED) is 0.356. The fourth-order valence-electron chi connectivity index (χ4n) is 3.96. The zero-order chi connectivity index (χ0) is 27.7. The fourth-order valence-corrected chi connectivity index (χ4v) is 4.93. The van der Waals surface area contributed by atoms with Crippen molar-refractivity contribution in [2.75, 3.05) is 23.7 Å². The maximum Gasteiger partial charge on any atom is 0.244 e. The maximum absolute atomic E-state index is 14.6. The van der Waals surface area contributed by atoms with Gasteiger partial charge < -0.3 is 10.2 Å². The molecule has 0 aliphatic heterocycles. The normalized spacial score (nSPS) is 12.0. The molecule has 38 heavy (non-hydrogen) atoms. The second-order valence-electron chi connectivity index (χ2n) is 8.87. The second kappa shape index (κ2) is 13.4. The molecule has 0 radical (unpaired) electrons. The van der Waals surface area contributed by atoms with Crippen molar-refractivity contribution in [1.29, 1.82) is 0 Å². The van der Waals surface area contributed by atoms with Gasteiger partial charge in [0.05, 0.1) is 11.9 Å². The Kier molecular flexibility index (Phi) is 10.3. The van der Waals surface area contributed by atoms with Crippen molar-refractivity contribution >= 4 is 39.1 Å². The van der Waals surface area contributed by atoms with Crippen LogP contribution in [-0.2, 0) is 32.6 Å². The summed E-state index contributed by atoms with van der Waals surface area (Å²) >= 11 is 6.04. The molecular weight excluding hydrogens is 529 g/mol. The molecule has 0 bridgehead atoms. The van der Waals surface area contributed by atoms with E-state index >= 15 is 0 Å². The number of nitrogens with zero attached hydrogens (tertiary/aromatic N) is 2. The molecule has 0 aliphatic carbocycles. The predicted octanol–water partition coefficient (Wildman–Crippen LogP) is 4.41. The van der Waals surface area contributed by atoms with E-state index in [1.54, 1.807) is 24.3 Å². The molecule has 0 heterocycles. The molecule has 10 heteroatoms. The van der Waals surface area contributed by atoms with Crippen LogP contribution in [0.5, 0.6) is 0 Å². The zero-order valence-corrected chi connectivity index (χ0v) is 22.9. The van der Waals surface area contributed by atoms with Crippen molar-refractivity contribution in [3.05, 3.63) is 101 Å². The Hall–Kier alpha value is -3.43. The number of sulfonamides is 1. The van der Waals surface area contributed by atoms with E-state index < -0.39 is 34.3 Å². The van der Waals surface area contributed by atoms with E-state index in [4.69, 9.17) is 11.6 Å². The van der Waals surface area contributed by atoms with E-state index in [9.17, 15) is 22.4 Å². The summed E-state index contributed by atoms with van der Waals surface area (Å²) in [4.78, 5) is 28.6. The number of anilines is 1. The molecule has 0 saturated heterocycles. The summed E-state index contributed by atoms with van der Waals surface area (Å²) in [5, 5.41) is 3.37. The standard InChI is InChI=1S/C28H31ClFN3O4S/c1-3-17-31-28(35)26(18-21-9-5-4-6-10-21)32(19-22-13-15-23(29)16-14-22)27(34)20-33(38(2,36)37)25-12-8-7-11-24(25)30/h4-16,26H,3,17-20H2,1-2H3,(H,31,35)/t26-/m1/s1. The van der Waals surface area contributed by atoms with E-state index in [1.165, 1.54) is 23.1 Å². The fraction of sp³-hybridized carbons (Fsp3) is 0.286. The van der Waals surface area contributed by atoms with Crippen LogP contribution in [0, 0.1) is 5.82 Å². The smallest absolute Gasteiger partial charge is 0.244 e. The number of amides is 2. The number of hydrogen-bond donors (Lipinski definition) is 1.